The summed E-state index contributed by atoms with van der Waals surface area (Å²) in [5.41, 5.74) is 1.88. The first-order chi connectivity index (χ1) is 10.8. The lowest BCUT2D eigenvalue weighted by molar-refractivity contribution is 0.0630. The van der Waals surface area contributed by atoms with Gasteiger partial charge in [-0.2, -0.15) is 0 Å². The van der Waals surface area contributed by atoms with Crippen molar-refractivity contribution in [3.63, 3.8) is 0 Å². The monoisotopic (exact) mass is 317 g/mol. The Balaban J connectivity index is 1.56. The maximum absolute atomic E-state index is 12.5. The van der Waals surface area contributed by atoms with Gasteiger partial charge in [0.15, 0.2) is 0 Å². The van der Waals surface area contributed by atoms with Gasteiger partial charge in [0.1, 0.15) is 4.88 Å². The number of nitrogens with zero attached hydrogens (tertiary/aromatic N) is 5. The average Bonchev–Trinajstić information content (AvgIpc) is 3.04. The molecule has 0 atom stereocenters. The normalized spacial score (nSPS) is 16.0. The summed E-state index contributed by atoms with van der Waals surface area (Å²) in [5.74, 6) is 0.0735. The maximum Gasteiger partial charge on any atom is 0.267 e. The van der Waals surface area contributed by atoms with E-state index in [9.17, 15) is 4.79 Å². The van der Waals surface area contributed by atoms with Gasteiger partial charge in [-0.1, -0.05) is 17.5 Å². The van der Waals surface area contributed by atoms with Gasteiger partial charge in [0.25, 0.3) is 5.91 Å². The molecule has 0 spiro atoms. The second kappa shape index (κ2) is 6.93. The van der Waals surface area contributed by atoms with Crippen LogP contribution in [-0.2, 0) is 13.0 Å². The molecule has 2 aromatic heterocycles. The maximum atomic E-state index is 12.5. The van der Waals surface area contributed by atoms with E-state index >= 15 is 0 Å². The Hall–Kier alpha value is -1.86. The number of aromatic nitrogens is 3. The molecule has 7 heteroatoms. The number of amides is 1. The van der Waals surface area contributed by atoms with Gasteiger partial charge < -0.3 is 4.90 Å². The smallest absolute Gasteiger partial charge is 0.267 e. The van der Waals surface area contributed by atoms with E-state index in [2.05, 4.69) is 19.5 Å². The number of hydrogen-bond donors (Lipinski definition) is 0. The topological polar surface area (TPSA) is 62.2 Å². The molecule has 1 aliphatic heterocycles. The van der Waals surface area contributed by atoms with Gasteiger partial charge in [0.2, 0.25) is 0 Å². The van der Waals surface area contributed by atoms with E-state index in [1.807, 2.05) is 36.2 Å². The summed E-state index contributed by atoms with van der Waals surface area (Å²) in [6.07, 6.45) is 2.56. The molecule has 0 aromatic carbocycles. The summed E-state index contributed by atoms with van der Waals surface area (Å²) in [6.45, 7) is 6.06. The predicted octanol–water partition coefficient (Wildman–Crippen LogP) is 1.45. The molecule has 2 aromatic rings. The lowest BCUT2D eigenvalue weighted by Crippen LogP contribution is -2.48. The molecule has 0 bridgehead atoms. The van der Waals surface area contributed by atoms with Crippen molar-refractivity contribution in [1.29, 1.82) is 0 Å². The summed E-state index contributed by atoms with van der Waals surface area (Å²) in [6, 6.07) is 5.97. The molecule has 0 radical (unpaired) electrons. The van der Waals surface area contributed by atoms with E-state index in [0.717, 1.165) is 50.5 Å². The number of pyridine rings is 1. The first-order valence-corrected chi connectivity index (χ1v) is 8.28. The fourth-order valence-corrected chi connectivity index (χ4v) is 3.29. The average molecular weight is 317 g/mol. The first-order valence-electron chi connectivity index (χ1n) is 7.50. The van der Waals surface area contributed by atoms with Crippen molar-refractivity contribution in [3.05, 3.63) is 40.7 Å². The van der Waals surface area contributed by atoms with Crippen molar-refractivity contribution < 1.29 is 4.79 Å². The molecule has 0 saturated carbocycles. The van der Waals surface area contributed by atoms with Gasteiger partial charge in [0, 0.05) is 38.9 Å². The Labute approximate surface area is 133 Å². The minimum Gasteiger partial charge on any atom is -0.335 e. The third kappa shape index (κ3) is 3.31. The summed E-state index contributed by atoms with van der Waals surface area (Å²) in [7, 11) is 0. The Morgan fingerprint density at radius 1 is 1.27 bits per heavy atom. The minimum absolute atomic E-state index is 0.0735. The predicted molar refractivity (Wildman–Crippen MR) is 84.7 cm³/mol. The standard InChI is InChI=1S/C15H19N5OS/c1-2-13-14(22-18-17-13)15(21)20-9-7-19(8-10-20)11-12-5-3-4-6-16-12/h3-6H,2,7-11H2,1H3. The molecule has 1 amide bonds. The van der Waals surface area contributed by atoms with E-state index in [1.165, 1.54) is 11.5 Å². The summed E-state index contributed by atoms with van der Waals surface area (Å²) in [5, 5.41) is 4.02. The molecule has 0 aliphatic carbocycles. The van der Waals surface area contributed by atoms with Crippen molar-refractivity contribution in [3.8, 4) is 0 Å². The molecular weight excluding hydrogens is 298 g/mol. The quantitative estimate of drug-likeness (QED) is 0.854. The van der Waals surface area contributed by atoms with E-state index in [-0.39, 0.29) is 5.91 Å². The first kappa shape index (κ1) is 15.1. The fourth-order valence-electron chi connectivity index (χ4n) is 2.58. The summed E-state index contributed by atoms with van der Waals surface area (Å²) >= 11 is 1.20. The van der Waals surface area contributed by atoms with Crippen LogP contribution < -0.4 is 0 Å². The van der Waals surface area contributed by atoms with E-state index in [4.69, 9.17) is 0 Å². The lowest BCUT2D eigenvalue weighted by Gasteiger charge is -2.34. The van der Waals surface area contributed by atoms with Gasteiger partial charge >= 0.3 is 0 Å². The van der Waals surface area contributed by atoms with Crippen LogP contribution in [0.15, 0.2) is 24.4 Å². The highest BCUT2D eigenvalue weighted by Gasteiger charge is 2.25. The van der Waals surface area contributed by atoms with Gasteiger partial charge in [0.05, 0.1) is 11.4 Å². The van der Waals surface area contributed by atoms with Gasteiger partial charge in [-0.3, -0.25) is 14.7 Å². The molecule has 1 saturated heterocycles. The minimum atomic E-state index is 0.0735. The van der Waals surface area contributed by atoms with Gasteiger partial charge in [-0.15, -0.1) is 5.10 Å². The third-order valence-electron chi connectivity index (χ3n) is 3.86. The number of carbonyl (C=O) groups excluding carboxylic acids is 1. The van der Waals surface area contributed by atoms with Crippen LogP contribution in [0.25, 0.3) is 0 Å². The highest BCUT2D eigenvalue weighted by molar-refractivity contribution is 7.08. The fraction of sp³-hybridized carbons (Fsp3) is 0.467. The van der Waals surface area contributed by atoms with E-state index in [0.29, 0.717) is 4.88 Å². The molecule has 3 heterocycles. The molecule has 22 heavy (non-hydrogen) atoms. The van der Waals surface area contributed by atoms with Crippen LogP contribution in [0.1, 0.15) is 28.0 Å². The zero-order chi connectivity index (χ0) is 15.4. The SMILES string of the molecule is CCc1nnsc1C(=O)N1CCN(Cc2ccccn2)CC1. The van der Waals surface area contributed by atoms with Crippen molar-refractivity contribution in [2.45, 2.75) is 19.9 Å². The molecule has 3 rings (SSSR count). The molecule has 6 nitrogen and oxygen atoms in total. The number of rotatable bonds is 4. The Kier molecular flexibility index (Phi) is 4.74. The summed E-state index contributed by atoms with van der Waals surface area (Å²) < 4.78 is 3.91. The van der Waals surface area contributed by atoms with Crippen LogP contribution in [0.5, 0.6) is 0 Å². The Bertz CT molecular complexity index is 622. The molecule has 1 aliphatic rings. The van der Waals surface area contributed by atoms with Crippen LogP contribution in [-0.4, -0.2) is 56.5 Å². The second-order valence-electron chi connectivity index (χ2n) is 5.29. The highest BCUT2D eigenvalue weighted by atomic mass is 32.1. The van der Waals surface area contributed by atoms with Crippen LogP contribution >= 0.6 is 11.5 Å². The number of carbonyl (C=O) groups is 1. The molecule has 116 valence electrons. The summed E-state index contributed by atoms with van der Waals surface area (Å²) in [4.78, 5) is 21.8. The number of piperazine rings is 1. The third-order valence-corrected chi connectivity index (χ3v) is 4.61. The van der Waals surface area contributed by atoms with Crippen LogP contribution in [0.2, 0.25) is 0 Å². The Morgan fingerprint density at radius 2 is 2.09 bits per heavy atom. The van der Waals surface area contributed by atoms with E-state index < -0.39 is 0 Å². The van der Waals surface area contributed by atoms with Crippen molar-refractivity contribution in [2.75, 3.05) is 26.2 Å². The lowest BCUT2D eigenvalue weighted by atomic mass is 10.2. The zero-order valence-corrected chi connectivity index (χ0v) is 13.4. The van der Waals surface area contributed by atoms with Crippen LogP contribution in [0, 0.1) is 0 Å². The van der Waals surface area contributed by atoms with Crippen molar-refractivity contribution >= 4 is 17.4 Å². The van der Waals surface area contributed by atoms with E-state index in [1.54, 1.807) is 0 Å². The van der Waals surface area contributed by atoms with Gasteiger partial charge in [-0.05, 0) is 30.1 Å². The van der Waals surface area contributed by atoms with Crippen molar-refractivity contribution in [2.24, 2.45) is 0 Å². The number of aryl methyl sites for hydroxylation is 1. The number of hydrogen-bond acceptors (Lipinski definition) is 6. The van der Waals surface area contributed by atoms with Gasteiger partial charge in [-0.25, -0.2) is 0 Å². The molecule has 1 fully saturated rings. The van der Waals surface area contributed by atoms with Crippen LogP contribution in [0.3, 0.4) is 0 Å². The zero-order valence-electron chi connectivity index (χ0n) is 12.6. The Morgan fingerprint density at radius 3 is 2.77 bits per heavy atom. The largest absolute Gasteiger partial charge is 0.335 e. The molecular formula is C15H19N5OS. The second-order valence-corrected chi connectivity index (χ2v) is 6.05. The van der Waals surface area contributed by atoms with Crippen LogP contribution in [0.4, 0.5) is 0 Å². The highest BCUT2D eigenvalue weighted by Crippen LogP contribution is 2.16. The molecule has 0 N–H and O–H groups in total. The molecule has 0 unspecified atom stereocenters. The van der Waals surface area contributed by atoms with Crippen molar-refractivity contribution in [1.82, 2.24) is 24.4 Å².